The lowest BCUT2D eigenvalue weighted by atomic mass is 9.90. The molecule has 0 spiro atoms. The molecule has 5 nitrogen and oxygen atoms in total. The Balaban J connectivity index is 2.24. The molecule has 134 valence electrons. The number of carbonyl (C=O) groups is 1. The minimum Gasteiger partial charge on any atom is -0.481 e. The number of carboxylic acids is 1. The van der Waals surface area contributed by atoms with Gasteiger partial charge in [-0.2, -0.15) is 0 Å². The second kappa shape index (κ2) is 9.40. The smallest absolute Gasteiger partial charge is 0.306 e. The van der Waals surface area contributed by atoms with Gasteiger partial charge in [0.2, 0.25) is 0 Å². The molecule has 0 aromatic heterocycles. The molecule has 1 fully saturated rings. The minimum absolute atomic E-state index is 0.0119. The summed E-state index contributed by atoms with van der Waals surface area (Å²) in [6.07, 6.45) is 3.73. The van der Waals surface area contributed by atoms with Crippen LogP contribution in [0.4, 0.5) is 0 Å². The van der Waals surface area contributed by atoms with Gasteiger partial charge in [-0.25, -0.2) is 0 Å². The first-order valence-corrected chi connectivity index (χ1v) is 8.51. The van der Waals surface area contributed by atoms with Crippen LogP contribution in [0.5, 0.6) is 0 Å². The van der Waals surface area contributed by atoms with E-state index in [9.17, 15) is 9.90 Å². The van der Waals surface area contributed by atoms with Gasteiger partial charge in [0, 0.05) is 0 Å². The van der Waals surface area contributed by atoms with E-state index < -0.39 is 5.97 Å². The molecule has 5 heteroatoms. The van der Waals surface area contributed by atoms with E-state index in [1.165, 1.54) is 0 Å². The number of aliphatic hydroxyl groups excluding tert-OH is 1. The lowest BCUT2D eigenvalue weighted by Gasteiger charge is -2.37. The van der Waals surface area contributed by atoms with Crippen molar-refractivity contribution in [2.75, 3.05) is 13.2 Å². The Kier molecular flexibility index (Phi) is 8.23. The van der Waals surface area contributed by atoms with E-state index in [1.807, 2.05) is 13.8 Å². The molecular formula is C18H32O5. The van der Waals surface area contributed by atoms with Crippen LogP contribution in [0.1, 0.15) is 59.3 Å². The maximum atomic E-state index is 10.7. The van der Waals surface area contributed by atoms with Crippen LogP contribution in [0.3, 0.4) is 0 Å². The molecule has 0 aliphatic carbocycles. The Labute approximate surface area is 139 Å². The molecule has 1 rings (SSSR count). The van der Waals surface area contributed by atoms with Gasteiger partial charge in [0.05, 0.1) is 37.4 Å². The Morgan fingerprint density at radius 2 is 2.13 bits per heavy atom. The number of aliphatic carboxylic acids is 1. The number of carboxylic acid groups (broad SMARTS) is 1. The Morgan fingerprint density at radius 1 is 1.43 bits per heavy atom. The van der Waals surface area contributed by atoms with Crippen LogP contribution < -0.4 is 0 Å². The summed E-state index contributed by atoms with van der Waals surface area (Å²) < 4.78 is 11.4. The van der Waals surface area contributed by atoms with Crippen LogP contribution in [0.25, 0.3) is 0 Å². The maximum Gasteiger partial charge on any atom is 0.306 e. The van der Waals surface area contributed by atoms with Gasteiger partial charge >= 0.3 is 5.97 Å². The zero-order chi connectivity index (χ0) is 17.5. The summed E-state index contributed by atoms with van der Waals surface area (Å²) in [5.41, 5.74) is 0.754. The number of ether oxygens (including phenoxy) is 2. The van der Waals surface area contributed by atoms with Gasteiger partial charge in [0.25, 0.3) is 0 Å². The molecule has 1 saturated heterocycles. The molecule has 1 heterocycles. The first-order chi connectivity index (χ1) is 10.7. The first-order valence-electron chi connectivity index (χ1n) is 8.51. The summed E-state index contributed by atoms with van der Waals surface area (Å²) >= 11 is 0. The van der Waals surface area contributed by atoms with Gasteiger partial charge in [-0.05, 0) is 45.4 Å². The molecule has 2 unspecified atom stereocenters. The highest BCUT2D eigenvalue weighted by Gasteiger charge is 2.33. The summed E-state index contributed by atoms with van der Waals surface area (Å²) in [4.78, 5) is 10.7. The van der Waals surface area contributed by atoms with Gasteiger partial charge in [0.15, 0.2) is 0 Å². The summed E-state index contributed by atoms with van der Waals surface area (Å²) in [6.45, 7) is 10.7. The second-order valence-electron chi connectivity index (χ2n) is 7.22. The molecule has 0 saturated carbocycles. The van der Waals surface area contributed by atoms with Gasteiger partial charge in [-0.1, -0.05) is 18.9 Å². The van der Waals surface area contributed by atoms with E-state index >= 15 is 0 Å². The SMILES string of the molecule is C=C(C)CCC(O)C(C)CCC[C@@]1(C)CO[C@H](CC(=O)O)CO1. The van der Waals surface area contributed by atoms with Crippen molar-refractivity contribution in [2.24, 2.45) is 5.92 Å². The van der Waals surface area contributed by atoms with E-state index in [0.717, 1.165) is 37.7 Å². The van der Waals surface area contributed by atoms with Crippen LogP contribution in [-0.4, -0.2) is 47.2 Å². The Hall–Kier alpha value is -0.910. The number of hydrogen-bond acceptors (Lipinski definition) is 4. The van der Waals surface area contributed by atoms with E-state index in [-0.39, 0.29) is 30.1 Å². The highest BCUT2D eigenvalue weighted by atomic mass is 16.6. The van der Waals surface area contributed by atoms with Crippen molar-refractivity contribution in [3.8, 4) is 0 Å². The third-order valence-corrected chi connectivity index (χ3v) is 4.53. The molecule has 2 N–H and O–H groups in total. The lowest BCUT2D eigenvalue weighted by Crippen LogP contribution is -2.45. The molecule has 0 aromatic rings. The molecule has 0 amide bonds. The monoisotopic (exact) mass is 328 g/mol. The summed E-state index contributed by atoms with van der Waals surface area (Å²) in [6, 6.07) is 0. The van der Waals surface area contributed by atoms with Crippen LogP contribution in [-0.2, 0) is 14.3 Å². The molecule has 1 aliphatic rings. The lowest BCUT2D eigenvalue weighted by molar-refractivity contribution is -0.191. The van der Waals surface area contributed by atoms with E-state index in [0.29, 0.717) is 13.2 Å². The fourth-order valence-corrected chi connectivity index (χ4v) is 2.80. The van der Waals surface area contributed by atoms with Crippen LogP contribution >= 0.6 is 0 Å². The normalized spacial score (nSPS) is 27.4. The van der Waals surface area contributed by atoms with E-state index in [2.05, 4.69) is 13.5 Å². The quantitative estimate of drug-likeness (QED) is 0.602. The van der Waals surface area contributed by atoms with Crippen LogP contribution in [0.2, 0.25) is 0 Å². The third kappa shape index (κ3) is 7.95. The highest BCUT2D eigenvalue weighted by molar-refractivity contribution is 5.67. The van der Waals surface area contributed by atoms with Crippen molar-refractivity contribution in [3.63, 3.8) is 0 Å². The Morgan fingerprint density at radius 3 is 2.65 bits per heavy atom. The molecule has 0 bridgehead atoms. The standard InChI is InChI=1S/C18H32O5/c1-13(2)7-8-16(19)14(3)6-5-9-18(4)12-22-15(11-23-18)10-17(20)21/h14-16,19H,1,5-12H2,2-4H3,(H,20,21)/t14?,15-,16?,18+/m1/s1. The van der Waals surface area contributed by atoms with Gasteiger partial charge < -0.3 is 19.7 Å². The molecule has 4 atom stereocenters. The zero-order valence-corrected chi connectivity index (χ0v) is 14.7. The number of hydrogen-bond donors (Lipinski definition) is 2. The summed E-state index contributed by atoms with van der Waals surface area (Å²) in [5, 5.41) is 18.9. The van der Waals surface area contributed by atoms with Crippen molar-refractivity contribution in [2.45, 2.75) is 77.1 Å². The third-order valence-electron chi connectivity index (χ3n) is 4.53. The van der Waals surface area contributed by atoms with Crippen molar-refractivity contribution in [3.05, 3.63) is 12.2 Å². The average Bonchev–Trinajstić information content (AvgIpc) is 2.46. The van der Waals surface area contributed by atoms with Gasteiger partial charge in [-0.3, -0.25) is 4.79 Å². The average molecular weight is 328 g/mol. The Bertz CT molecular complexity index is 385. The predicted molar refractivity (Wildman–Crippen MR) is 89.4 cm³/mol. The van der Waals surface area contributed by atoms with Gasteiger partial charge in [-0.15, -0.1) is 6.58 Å². The van der Waals surface area contributed by atoms with Crippen molar-refractivity contribution in [1.82, 2.24) is 0 Å². The fraction of sp³-hybridized carbons (Fsp3) is 0.833. The number of aliphatic hydroxyl groups is 1. The van der Waals surface area contributed by atoms with Crippen molar-refractivity contribution in [1.29, 1.82) is 0 Å². The van der Waals surface area contributed by atoms with Crippen molar-refractivity contribution >= 4 is 5.97 Å². The van der Waals surface area contributed by atoms with Crippen LogP contribution in [0.15, 0.2) is 12.2 Å². The molecular weight excluding hydrogens is 296 g/mol. The van der Waals surface area contributed by atoms with Crippen LogP contribution in [0, 0.1) is 5.92 Å². The number of allylic oxidation sites excluding steroid dienone is 1. The highest BCUT2D eigenvalue weighted by Crippen LogP contribution is 2.27. The summed E-state index contributed by atoms with van der Waals surface area (Å²) in [5.74, 6) is -0.609. The molecule has 0 radical (unpaired) electrons. The van der Waals surface area contributed by atoms with Gasteiger partial charge in [0.1, 0.15) is 0 Å². The molecule has 1 aliphatic heterocycles. The largest absolute Gasteiger partial charge is 0.481 e. The first kappa shape index (κ1) is 20.1. The topological polar surface area (TPSA) is 76.0 Å². The fourth-order valence-electron chi connectivity index (χ4n) is 2.80. The second-order valence-corrected chi connectivity index (χ2v) is 7.22. The van der Waals surface area contributed by atoms with E-state index in [1.54, 1.807) is 0 Å². The van der Waals surface area contributed by atoms with E-state index in [4.69, 9.17) is 14.6 Å². The minimum atomic E-state index is -0.861. The van der Waals surface area contributed by atoms with Crippen molar-refractivity contribution < 1.29 is 24.5 Å². The molecule has 23 heavy (non-hydrogen) atoms. The maximum absolute atomic E-state index is 10.7. The zero-order valence-electron chi connectivity index (χ0n) is 14.7. The molecule has 0 aromatic carbocycles. The predicted octanol–water partition coefficient (Wildman–Crippen LogP) is 3.16. The number of rotatable bonds is 10. The summed E-state index contributed by atoms with van der Waals surface area (Å²) in [7, 11) is 0.